The number of aryl methyl sites for hydroxylation is 1. The zero-order chi connectivity index (χ0) is 37.8. The number of rotatable bonds is 7. The normalized spacial score (nSPS) is 11.2. The first-order valence-electron chi connectivity index (χ1n) is 18.4. The number of hydrogen-bond donors (Lipinski definition) is 0. The van der Waals surface area contributed by atoms with E-state index in [2.05, 4.69) is 105 Å². The second kappa shape index (κ2) is 14.8. The summed E-state index contributed by atoms with van der Waals surface area (Å²) in [5, 5.41) is 7.60. The maximum atomic E-state index is 6.59. The maximum absolute atomic E-state index is 6.59. The zero-order valence-corrected chi connectivity index (χ0v) is 34.2. The van der Waals surface area contributed by atoms with Gasteiger partial charge in [0.2, 0.25) is 0 Å². The van der Waals surface area contributed by atoms with Gasteiger partial charge >= 0.3 is 21.1 Å². The Kier molecular flexibility index (Phi) is 9.73. The molecule has 0 fully saturated rings. The summed E-state index contributed by atoms with van der Waals surface area (Å²) in [6, 6.07) is 37.7. The van der Waals surface area contributed by atoms with E-state index in [-0.39, 0.29) is 21.1 Å². The molecule has 4 aromatic carbocycles. The molecule has 5 aromatic heterocycles. The molecule has 276 valence electrons. The summed E-state index contributed by atoms with van der Waals surface area (Å²) in [4.78, 5) is 13.4. The van der Waals surface area contributed by atoms with Crippen LogP contribution in [0, 0.1) is 53.7 Å². The quantitative estimate of drug-likeness (QED) is 0.149. The molecule has 0 atom stereocenters. The standard InChI is InChI=1S/C48H38N6O.Pt/c1-29-16-25-51-44(26-29)53-42-13-8-7-12-40(42)41-15-14-39(28-43(41)53)55-38-11-9-10-37(27-38)54-48(36-19-23-50-24-20-36)46(47(52-54)35-17-21-49-22-18-35)45-33(5)31(3)30(2)32(4)34(45)6;/h7-26H,1-6H3;/q-2;+2. The Labute approximate surface area is 341 Å². The van der Waals surface area contributed by atoms with E-state index in [1.807, 2.05) is 90.3 Å². The third-order valence-corrected chi connectivity index (χ3v) is 10.9. The van der Waals surface area contributed by atoms with Crippen molar-refractivity contribution in [2.45, 2.75) is 41.5 Å². The van der Waals surface area contributed by atoms with E-state index in [4.69, 9.17) is 14.8 Å². The van der Waals surface area contributed by atoms with Crippen molar-refractivity contribution in [1.29, 1.82) is 0 Å². The monoisotopic (exact) mass is 909 g/mol. The Bertz CT molecular complexity index is 2880. The average molecular weight is 910 g/mol. The second-order valence-corrected chi connectivity index (χ2v) is 14.1. The van der Waals surface area contributed by atoms with Gasteiger partial charge in [-0.05, 0) is 134 Å². The summed E-state index contributed by atoms with van der Waals surface area (Å²) in [7, 11) is 0. The van der Waals surface area contributed by atoms with Crippen LogP contribution in [-0.4, -0.2) is 29.3 Å². The fraction of sp³-hybridized carbons (Fsp3) is 0.125. The van der Waals surface area contributed by atoms with Crippen LogP contribution in [0.1, 0.15) is 33.4 Å². The maximum Gasteiger partial charge on any atom is 2.00 e. The molecule has 9 aromatic rings. The third kappa shape index (κ3) is 6.22. The van der Waals surface area contributed by atoms with Crippen molar-refractivity contribution in [2.75, 3.05) is 0 Å². The van der Waals surface area contributed by atoms with Crippen molar-refractivity contribution < 1.29 is 25.8 Å². The van der Waals surface area contributed by atoms with Crippen molar-refractivity contribution in [1.82, 2.24) is 29.3 Å². The van der Waals surface area contributed by atoms with E-state index < -0.39 is 0 Å². The van der Waals surface area contributed by atoms with Gasteiger partial charge in [-0.3, -0.25) is 14.6 Å². The van der Waals surface area contributed by atoms with Gasteiger partial charge in [0.25, 0.3) is 0 Å². The fourth-order valence-electron chi connectivity index (χ4n) is 7.74. The SMILES string of the molecule is Cc1ccnc(-n2c3[c-]c(Oc4[c-]c(-n5nc(-c6ccncc6)c(-c6c(C)c(C)c(C)c(C)c6C)c5-c5ccncc5)ccc4)ccc3c3ccccc32)c1.[Pt+2]. The van der Waals surface area contributed by atoms with Crippen molar-refractivity contribution in [3.8, 4) is 56.6 Å². The molecule has 9 rings (SSSR count). The molecule has 0 aliphatic carbocycles. The number of benzene rings is 4. The summed E-state index contributed by atoms with van der Waals surface area (Å²) in [6.45, 7) is 13.1. The molecule has 0 amide bonds. The van der Waals surface area contributed by atoms with Gasteiger partial charge in [-0.2, -0.15) is 17.2 Å². The molecule has 0 saturated carbocycles. The van der Waals surface area contributed by atoms with Gasteiger partial charge in [0.15, 0.2) is 0 Å². The van der Waals surface area contributed by atoms with Crippen LogP contribution in [-0.2, 0) is 21.1 Å². The first kappa shape index (κ1) is 36.8. The first-order valence-corrected chi connectivity index (χ1v) is 18.4. The first-order chi connectivity index (χ1) is 26.8. The van der Waals surface area contributed by atoms with Gasteiger partial charge in [0.1, 0.15) is 11.5 Å². The molecule has 8 heteroatoms. The number of para-hydroxylation sites is 1. The van der Waals surface area contributed by atoms with Crippen molar-refractivity contribution >= 4 is 21.8 Å². The van der Waals surface area contributed by atoms with E-state index in [1.54, 1.807) is 0 Å². The van der Waals surface area contributed by atoms with Crippen LogP contribution in [0.3, 0.4) is 0 Å². The van der Waals surface area contributed by atoms with Gasteiger partial charge in [0.05, 0.1) is 5.69 Å². The van der Waals surface area contributed by atoms with Crippen molar-refractivity contribution in [2.24, 2.45) is 0 Å². The molecule has 56 heavy (non-hydrogen) atoms. The van der Waals surface area contributed by atoms with Crippen LogP contribution in [0.4, 0.5) is 0 Å². The predicted molar refractivity (Wildman–Crippen MR) is 220 cm³/mol. The smallest absolute Gasteiger partial charge is 0.509 e. The van der Waals surface area contributed by atoms with E-state index in [0.29, 0.717) is 11.5 Å². The molecule has 0 aliphatic heterocycles. The molecule has 7 nitrogen and oxygen atoms in total. The Morgan fingerprint density at radius 2 is 1.23 bits per heavy atom. The molecule has 5 heterocycles. The number of hydrogen-bond acceptors (Lipinski definition) is 5. The van der Waals surface area contributed by atoms with E-state index >= 15 is 0 Å². The summed E-state index contributed by atoms with van der Waals surface area (Å²) >= 11 is 0. The Morgan fingerprint density at radius 3 is 1.95 bits per heavy atom. The van der Waals surface area contributed by atoms with E-state index in [9.17, 15) is 0 Å². The zero-order valence-electron chi connectivity index (χ0n) is 32.0. The Hall–Kier alpha value is -6.17. The largest absolute Gasteiger partial charge is 2.00 e. The molecule has 0 unspecified atom stereocenters. The fourth-order valence-corrected chi connectivity index (χ4v) is 7.74. The molecule has 0 radical (unpaired) electrons. The minimum atomic E-state index is 0. The summed E-state index contributed by atoms with van der Waals surface area (Å²) in [6.07, 6.45) is 9.14. The molecule has 0 aliphatic rings. The minimum absolute atomic E-state index is 0. The van der Waals surface area contributed by atoms with Crippen LogP contribution in [0.5, 0.6) is 11.5 Å². The third-order valence-electron chi connectivity index (χ3n) is 10.9. The second-order valence-electron chi connectivity index (χ2n) is 14.1. The number of nitrogens with zero attached hydrogens (tertiary/aromatic N) is 6. The molecule has 0 N–H and O–H groups in total. The molecular formula is C48H38N6OPt. The predicted octanol–water partition coefficient (Wildman–Crippen LogP) is 11.4. The average Bonchev–Trinajstić information content (AvgIpc) is 3.77. The molecular weight excluding hydrogens is 872 g/mol. The van der Waals surface area contributed by atoms with Crippen LogP contribution >= 0.6 is 0 Å². The molecule has 0 saturated heterocycles. The molecule has 0 bridgehead atoms. The van der Waals surface area contributed by atoms with E-state index in [0.717, 1.165) is 67.0 Å². The van der Waals surface area contributed by atoms with Crippen molar-refractivity contribution in [3.05, 3.63) is 167 Å². The van der Waals surface area contributed by atoms with Crippen LogP contribution < -0.4 is 4.74 Å². The van der Waals surface area contributed by atoms with Gasteiger partial charge in [0, 0.05) is 64.7 Å². The minimum Gasteiger partial charge on any atom is -0.509 e. The number of ether oxygens (including phenoxy) is 1. The van der Waals surface area contributed by atoms with Crippen molar-refractivity contribution in [3.63, 3.8) is 0 Å². The number of pyridine rings is 3. The van der Waals surface area contributed by atoms with Crippen LogP contribution in [0.15, 0.2) is 122 Å². The van der Waals surface area contributed by atoms with Gasteiger partial charge in [-0.25, -0.2) is 4.98 Å². The van der Waals surface area contributed by atoms with Gasteiger partial charge < -0.3 is 9.30 Å². The Morgan fingerprint density at radius 1 is 0.571 bits per heavy atom. The summed E-state index contributed by atoms with van der Waals surface area (Å²) in [5.41, 5.74) is 16.1. The van der Waals surface area contributed by atoms with Gasteiger partial charge in [-0.15, -0.1) is 35.7 Å². The number of fused-ring (bicyclic) bond motifs is 3. The van der Waals surface area contributed by atoms with Gasteiger partial charge in [-0.1, -0.05) is 23.7 Å². The summed E-state index contributed by atoms with van der Waals surface area (Å²) < 4.78 is 10.7. The van der Waals surface area contributed by atoms with E-state index in [1.165, 1.54) is 33.4 Å². The topological polar surface area (TPSA) is 70.7 Å². The van der Waals surface area contributed by atoms with Crippen LogP contribution in [0.2, 0.25) is 0 Å². The summed E-state index contributed by atoms with van der Waals surface area (Å²) in [5.74, 6) is 1.95. The van der Waals surface area contributed by atoms with Crippen LogP contribution in [0.25, 0.3) is 67.0 Å². The number of aromatic nitrogens is 6. The molecule has 0 spiro atoms. The Balaban J connectivity index is 0.00000441.